The first-order chi connectivity index (χ1) is 13.0. The quantitative estimate of drug-likeness (QED) is 0.608. The number of nitriles is 1. The Labute approximate surface area is 161 Å². The Bertz CT molecular complexity index is 856. The number of hydrogen-bond acceptors (Lipinski definition) is 8. The van der Waals surface area contributed by atoms with Crippen molar-refractivity contribution in [1.29, 1.82) is 5.26 Å². The molecule has 0 aliphatic heterocycles. The smallest absolute Gasteiger partial charge is 0.306 e. The third-order valence-electron chi connectivity index (χ3n) is 3.78. The maximum absolute atomic E-state index is 12.3. The normalized spacial score (nSPS) is 11.3. The molecule has 0 fully saturated rings. The summed E-state index contributed by atoms with van der Waals surface area (Å²) >= 11 is 1.23. The van der Waals surface area contributed by atoms with Gasteiger partial charge in [0.15, 0.2) is 23.2 Å². The predicted molar refractivity (Wildman–Crippen MR) is 99.9 cm³/mol. The van der Waals surface area contributed by atoms with Gasteiger partial charge in [0.05, 0.1) is 39.0 Å². The Morgan fingerprint density at radius 3 is 2.59 bits per heavy atom. The predicted octanol–water partition coefficient (Wildman–Crippen LogP) is 3.35. The largest absolute Gasteiger partial charge is 0.493 e. The number of benzene rings is 1. The monoisotopic (exact) mass is 388 g/mol. The zero-order chi connectivity index (χ0) is 19.8. The van der Waals surface area contributed by atoms with Gasteiger partial charge in [-0.25, -0.2) is 4.98 Å². The van der Waals surface area contributed by atoms with Crippen LogP contribution in [0.4, 0.5) is 0 Å². The molecule has 0 amide bonds. The molecule has 0 unspecified atom stereocenters. The van der Waals surface area contributed by atoms with Crippen LogP contribution in [0.25, 0.3) is 11.3 Å². The van der Waals surface area contributed by atoms with Crippen molar-refractivity contribution in [2.75, 3.05) is 20.8 Å². The van der Waals surface area contributed by atoms with Gasteiger partial charge in [-0.15, -0.1) is 11.3 Å². The van der Waals surface area contributed by atoms with Gasteiger partial charge in [0.2, 0.25) is 0 Å². The topological polar surface area (TPSA) is 98.5 Å². The average molecular weight is 388 g/mol. The number of hydrogen-bond donors (Lipinski definition) is 0. The minimum Gasteiger partial charge on any atom is -0.493 e. The summed E-state index contributed by atoms with van der Waals surface area (Å²) in [7, 11) is 3.10. The van der Waals surface area contributed by atoms with Gasteiger partial charge in [-0.05, 0) is 25.1 Å². The molecular formula is C19H20N2O5S. The van der Waals surface area contributed by atoms with E-state index in [4.69, 9.17) is 14.2 Å². The number of carbonyl (C=O) groups is 2. The van der Waals surface area contributed by atoms with Gasteiger partial charge in [0.1, 0.15) is 5.01 Å². The van der Waals surface area contributed by atoms with Crippen LogP contribution < -0.4 is 9.47 Å². The fourth-order valence-corrected chi connectivity index (χ4v) is 3.31. The van der Waals surface area contributed by atoms with E-state index in [0.717, 1.165) is 5.56 Å². The first-order valence-electron chi connectivity index (χ1n) is 8.29. The van der Waals surface area contributed by atoms with Crippen molar-refractivity contribution in [3.63, 3.8) is 0 Å². The highest BCUT2D eigenvalue weighted by atomic mass is 32.1. The molecule has 27 heavy (non-hydrogen) atoms. The number of ketones is 1. The second-order valence-electron chi connectivity index (χ2n) is 5.47. The van der Waals surface area contributed by atoms with E-state index in [1.807, 2.05) is 12.1 Å². The Morgan fingerprint density at radius 2 is 1.96 bits per heavy atom. The van der Waals surface area contributed by atoms with Crippen LogP contribution in [-0.2, 0) is 14.3 Å². The molecule has 0 aliphatic carbocycles. The van der Waals surface area contributed by atoms with Gasteiger partial charge < -0.3 is 14.2 Å². The molecular weight excluding hydrogens is 368 g/mol. The standard InChI is InChI=1S/C19H20N2O5S/c1-4-26-18(23)8-6-15(22)13(10-20)19-21-14(11-27-19)12-5-7-16(24-2)17(9-12)25-3/h5,7,9,11,13H,4,6,8H2,1-3H3/t13-/m1/s1. The van der Waals surface area contributed by atoms with Crippen molar-refractivity contribution in [3.05, 3.63) is 28.6 Å². The molecule has 7 nitrogen and oxygen atoms in total. The molecule has 1 atom stereocenters. The lowest BCUT2D eigenvalue weighted by molar-refractivity contribution is -0.144. The molecule has 0 spiro atoms. The SMILES string of the molecule is CCOC(=O)CCC(=O)[C@@H](C#N)c1nc(-c2ccc(OC)c(OC)c2)cs1. The van der Waals surface area contributed by atoms with Gasteiger partial charge in [0.25, 0.3) is 0 Å². The second kappa shape index (κ2) is 9.69. The van der Waals surface area contributed by atoms with Crippen LogP contribution in [0.5, 0.6) is 11.5 Å². The highest BCUT2D eigenvalue weighted by Gasteiger charge is 2.24. The number of carbonyl (C=O) groups excluding carboxylic acids is 2. The number of methoxy groups -OCH3 is 2. The molecule has 0 radical (unpaired) electrons. The summed E-state index contributed by atoms with van der Waals surface area (Å²) in [4.78, 5) is 28.1. The molecule has 1 aromatic heterocycles. The molecule has 0 aliphatic rings. The van der Waals surface area contributed by atoms with Gasteiger partial charge in [-0.3, -0.25) is 9.59 Å². The van der Waals surface area contributed by atoms with Crippen molar-refractivity contribution in [3.8, 4) is 28.8 Å². The van der Waals surface area contributed by atoms with E-state index in [1.54, 1.807) is 38.7 Å². The second-order valence-corrected chi connectivity index (χ2v) is 6.36. The van der Waals surface area contributed by atoms with Gasteiger partial charge >= 0.3 is 5.97 Å². The Balaban J connectivity index is 2.16. The van der Waals surface area contributed by atoms with Crippen molar-refractivity contribution in [2.45, 2.75) is 25.7 Å². The van der Waals surface area contributed by atoms with Crippen molar-refractivity contribution in [2.24, 2.45) is 0 Å². The number of aromatic nitrogens is 1. The van der Waals surface area contributed by atoms with E-state index in [0.29, 0.717) is 22.2 Å². The van der Waals surface area contributed by atoms with Crippen LogP contribution in [0.2, 0.25) is 0 Å². The number of rotatable bonds is 9. The molecule has 0 saturated heterocycles. The van der Waals surface area contributed by atoms with Crippen LogP contribution >= 0.6 is 11.3 Å². The highest BCUT2D eigenvalue weighted by molar-refractivity contribution is 7.10. The van der Waals surface area contributed by atoms with E-state index in [-0.39, 0.29) is 25.2 Å². The first-order valence-corrected chi connectivity index (χ1v) is 9.17. The van der Waals surface area contributed by atoms with Crippen molar-refractivity contribution >= 4 is 23.1 Å². The van der Waals surface area contributed by atoms with Crippen LogP contribution in [0.3, 0.4) is 0 Å². The van der Waals surface area contributed by atoms with E-state index < -0.39 is 11.9 Å². The van der Waals surface area contributed by atoms with Gasteiger partial charge in [0, 0.05) is 17.4 Å². The molecule has 142 valence electrons. The maximum atomic E-state index is 12.3. The van der Waals surface area contributed by atoms with E-state index in [2.05, 4.69) is 4.98 Å². The third kappa shape index (κ3) is 5.05. The van der Waals surface area contributed by atoms with Gasteiger partial charge in [-0.2, -0.15) is 5.26 Å². The molecule has 0 N–H and O–H groups in total. The highest BCUT2D eigenvalue weighted by Crippen LogP contribution is 2.34. The lowest BCUT2D eigenvalue weighted by atomic mass is 10.0. The molecule has 1 heterocycles. The zero-order valence-corrected chi connectivity index (χ0v) is 16.2. The zero-order valence-electron chi connectivity index (χ0n) is 15.4. The number of esters is 1. The molecule has 1 aromatic carbocycles. The summed E-state index contributed by atoms with van der Waals surface area (Å²) < 4.78 is 15.3. The van der Waals surface area contributed by atoms with Crippen LogP contribution in [0.1, 0.15) is 30.7 Å². The Kier molecular flexibility index (Phi) is 7.32. The summed E-state index contributed by atoms with van der Waals surface area (Å²) in [5.41, 5.74) is 1.42. The molecule has 2 aromatic rings. The molecule has 0 bridgehead atoms. The van der Waals surface area contributed by atoms with Crippen LogP contribution in [0.15, 0.2) is 23.6 Å². The van der Waals surface area contributed by atoms with E-state index in [9.17, 15) is 14.9 Å². The molecule has 8 heteroatoms. The lowest BCUT2D eigenvalue weighted by Crippen LogP contribution is -2.13. The third-order valence-corrected chi connectivity index (χ3v) is 4.69. The summed E-state index contributed by atoms with van der Waals surface area (Å²) in [6.45, 7) is 1.96. The summed E-state index contributed by atoms with van der Waals surface area (Å²) in [5, 5.41) is 11.6. The fraction of sp³-hybridized carbons (Fsp3) is 0.368. The van der Waals surface area contributed by atoms with Gasteiger partial charge in [-0.1, -0.05) is 0 Å². The summed E-state index contributed by atoms with van der Waals surface area (Å²) in [5.74, 6) is -0.641. The molecule has 0 saturated carbocycles. The number of nitrogens with zero attached hydrogens (tertiary/aromatic N) is 2. The van der Waals surface area contributed by atoms with E-state index >= 15 is 0 Å². The fourth-order valence-electron chi connectivity index (χ4n) is 2.42. The number of thiazole rings is 1. The summed E-state index contributed by atoms with van der Waals surface area (Å²) in [6.07, 6.45) is -0.0961. The first kappa shape index (κ1) is 20.4. The summed E-state index contributed by atoms with van der Waals surface area (Å²) in [6, 6.07) is 7.35. The Hall–Kier alpha value is -2.92. The lowest BCUT2D eigenvalue weighted by Gasteiger charge is -2.08. The van der Waals surface area contributed by atoms with Crippen LogP contribution in [0, 0.1) is 11.3 Å². The average Bonchev–Trinajstić information content (AvgIpc) is 3.16. The minimum atomic E-state index is -1.00. The van der Waals surface area contributed by atoms with E-state index in [1.165, 1.54) is 11.3 Å². The van der Waals surface area contributed by atoms with Crippen molar-refractivity contribution < 1.29 is 23.8 Å². The van der Waals surface area contributed by atoms with Crippen LogP contribution in [-0.4, -0.2) is 37.6 Å². The Morgan fingerprint density at radius 1 is 1.22 bits per heavy atom. The molecule has 2 rings (SSSR count). The number of ether oxygens (including phenoxy) is 3. The minimum absolute atomic E-state index is 0.0429. The number of Topliss-reactive ketones (excluding diaryl/α,β-unsaturated/α-hetero) is 1. The van der Waals surface area contributed by atoms with Crippen molar-refractivity contribution in [1.82, 2.24) is 4.98 Å². The maximum Gasteiger partial charge on any atom is 0.306 e.